The number of phenolic OH excluding ortho intramolecular Hbond substituents is 1. The number of hydrogen-bond donors (Lipinski definition) is 1. The lowest BCUT2D eigenvalue weighted by atomic mass is 10.1. The summed E-state index contributed by atoms with van der Waals surface area (Å²) in [4.78, 5) is 12.8. The van der Waals surface area contributed by atoms with Gasteiger partial charge in [-0.15, -0.1) is 11.3 Å². The molecule has 0 aliphatic carbocycles. The molecule has 1 N–H and O–H groups in total. The van der Waals surface area contributed by atoms with Crippen LogP contribution in [0.15, 0.2) is 66.7 Å². The number of nitro benzene ring substituents is 1. The summed E-state index contributed by atoms with van der Waals surface area (Å²) in [6, 6.07) is 21.6. The maximum Gasteiger partial charge on any atom is 0.272 e. The Morgan fingerprint density at radius 2 is 1.00 bits per heavy atom. The van der Waals surface area contributed by atoms with Crippen LogP contribution in [0.5, 0.6) is 5.75 Å². The number of rotatable bonds is 1. The molecule has 0 radical (unpaired) electrons. The fraction of sp³-hybridized carbons (Fsp3) is 0.333. The van der Waals surface area contributed by atoms with Crippen LogP contribution in [0.2, 0.25) is 0 Å². The summed E-state index contributed by atoms with van der Waals surface area (Å²) in [7, 11) is 0. The number of aryl methyl sites for hydroxylation is 9. The SMILES string of the molecule is C.C.Cc1ccc(C)c(C)c1.Cc1ccc(C)c(O)c1.Cc1ccc(C)c([N+](=O)[O-])c1.Cc1ccc(C)s1. The summed E-state index contributed by atoms with van der Waals surface area (Å²) in [6.07, 6.45) is 0. The van der Waals surface area contributed by atoms with Gasteiger partial charge in [-0.05, 0) is 108 Å². The van der Waals surface area contributed by atoms with Gasteiger partial charge in [0, 0.05) is 21.4 Å². The van der Waals surface area contributed by atoms with Gasteiger partial charge in [-0.1, -0.05) is 62.9 Å². The van der Waals surface area contributed by atoms with Crippen molar-refractivity contribution in [1.82, 2.24) is 0 Å². The highest BCUT2D eigenvalue weighted by molar-refractivity contribution is 7.11. The summed E-state index contributed by atoms with van der Waals surface area (Å²) in [5, 5.41) is 19.5. The third-order valence-corrected chi connectivity index (χ3v) is 6.38. The van der Waals surface area contributed by atoms with E-state index in [9.17, 15) is 10.1 Å². The van der Waals surface area contributed by atoms with Crippen LogP contribution in [0, 0.1) is 72.4 Å². The van der Waals surface area contributed by atoms with Gasteiger partial charge in [0.1, 0.15) is 5.75 Å². The molecule has 208 valence electrons. The van der Waals surface area contributed by atoms with Gasteiger partial charge >= 0.3 is 0 Å². The second-order valence-corrected chi connectivity index (χ2v) is 10.6. The summed E-state index contributed by atoms with van der Waals surface area (Å²) >= 11 is 1.84. The summed E-state index contributed by atoms with van der Waals surface area (Å²) in [5.74, 6) is 0.384. The lowest BCUT2D eigenvalue weighted by Crippen LogP contribution is -1.91. The largest absolute Gasteiger partial charge is 0.508 e. The molecule has 0 unspecified atom stereocenters. The van der Waals surface area contributed by atoms with Crippen LogP contribution in [0.1, 0.15) is 63.6 Å². The molecule has 0 atom stereocenters. The van der Waals surface area contributed by atoms with Crippen molar-refractivity contribution < 1.29 is 10.0 Å². The van der Waals surface area contributed by atoms with E-state index in [0.29, 0.717) is 11.3 Å². The van der Waals surface area contributed by atoms with E-state index in [1.165, 1.54) is 26.4 Å². The number of nitrogens with zero attached hydrogens (tertiary/aromatic N) is 1. The Morgan fingerprint density at radius 1 is 0.579 bits per heavy atom. The standard InChI is InChI=1S/C9H12.C8H9NO2.C8H10O.C6H8S.2CH4/c1-7-4-5-8(2)9(3)6-7;1-6-3-4-7(2)8(5-6)9(10)11;1-6-3-4-7(2)8(9)5-6;1-5-3-4-6(2)7-5;;/h4-6H,1-3H3;3-5H,1-2H3;3-5,9H,1-2H3;3-4H,1-2H3;2*1H4. The first-order valence-corrected chi connectivity index (χ1v) is 12.7. The molecule has 4 nitrogen and oxygen atoms in total. The minimum Gasteiger partial charge on any atom is -0.508 e. The molecule has 0 fully saturated rings. The van der Waals surface area contributed by atoms with E-state index in [4.69, 9.17) is 5.11 Å². The van der Waals surface area contributed by atoms with E-state index in [0.717, 1.165) is 16.7 Å². The van der Waals surface area contributed by atoms with Crippen molar-refractivity contribution >= 4 is 17.0 Å². The molecule has 4 rings (SSSR count). The fourth-order valence-electron chi connectivity index (χ4n) is 3.08. The van der Waals surface area contributed by atoms with E-state index in [-0.39, 0.29) is 25.5 Å². The number of aromatic hydroxyl groups is 1. The van der Waals surface area contributed by atoms with Crippen LogP contribution in [0.4, 0.5) is 5.69 Å². The highest BCUT2D eigenvalue weighted by Crippen LogP contribution is 2.18. The van der Waals surface area contributed by atoms with E-state index in [2.05, 4.69) is 65.0 Å². The Balaban J connectivity index is 0. The Morgan fingerprint density at radius 3 is 1.32 bits per heavy atom. The van der Waals surface area contributed by atoms with Gasteiger partial charge in [0.25, 0.3) is 5.69 Å². The van der Waals surface area contributed by atoms with Crippen LogP contribution in [0.25, 0.3) is 0 Å². The Bertz CT molecular complexity index is 1210. The number of benzene rings is 3. The lowest BCUT2D eigenvalue weighted by Gasteiger charge is -1.98. The molecule has 3 aromatic carbocycles. The average molecular weight is 538 g/mol. The average Bonchev–Trinajstić information content (AvgIpc) is 3.19. The molecule has 0 amide bonds. The molecule has 1 heterocycles. The first-order chi connectivity index (χ1) is 16.8. The first-order valence-electron chi connectivity index (χ1n) is 11.8. The molecule has 0 bridgehead atoms. The maximum absolute atomic E-state index is 10.4. The molecule has 38 heavy (non-hydrogen) atoms. The van der Waals surface area contributed by atoms with Crippen molar-refractivity contribution in [2.24, 2.45) is 0 Å². The monoisotopic (exact) mass is 537 g/mol. The smallest absolute Gasteiger partial charge is 0.272 e. The zero-order valence-corrected chi connectivity index (χ0v) is 23.8. The van der Waals surface area contributed by atoms with Crippen LogP contribution >= 0.6 is 11.3 Å². The van der Waals surface area contributed by atoms with Crippen molar-refractivity contribution in [2.45, 2.75) is 77.2 Å². The lowest BCUT2D eigenvalue weighted by molar-refractivity contribution is -0.385. The van der Waals surface area contributed by atoms with E-state index in [1.54, 1.807) is 25.1 Å². The summed E-state index contributed by atoms with van der Waals surface area (Å²) in [6.45, 7) is 18.1. The van der Waals surface area contributed by atoms with Gasteiger partial charge in [-0.2, -0.15) is 0 Å². The minimum absolute atomic E-state index is 0. The van der Waals surface area contributed by atoms with Gasteiger partial charge in [-0.25, -0.2) is 0 Å². The normalized spacial score (nSPS) is 9.08. The van der Waals surface area contributed by atoms with Gasteiger partial charge < -0.3 is 5.11 Å². The van der Waals surface area contributed by atoms with E-state index in [1.807, 2.05) is 50.3 Å². The quantitative estimate of drug-likeness (QED) is 0.194. The molecule has 0 aliphatic heterocycles. The first kappa shape index (κ1) is 36.7. The zero-order chi connectivity index (χ0) is 27.4. The van der Waals surface area contributed by atoms with Gasteiger partial charge in [0.2, 0.25) is 0 Å². The summed E-state index contributed by atoms with van der Waals surface area (Å²) < 4.78 is 0. The van der Waals surface area contributed by atoms with Gasteiger partial charge in [0.15, 0.2) is 0 Å². The Kier molecular flexibility index (Phi) is 17.3. The number of hydrogen-bond acceptors (Lipinski definition) is 4. The van der Waals surface area contributed by atoms with Crippen LogP contribution in [0.3, 0.4) is 0 Å². The van der Waals surface area contributed by atoms with Crippen molar-refractivity contribution in [3.8, 4) is 5.75 Å². The molecular formula is C33H47NO3S. The third kappa shape index (κ3) is 13.8. The summed E-state index contributed by atoms with van der Waals surface area (Å²) in [5.41, 5.74) is 7.96. The van der Waals surface area contributed by atoms with Crippen LogP contribution < -0.4 is 0 Å². The highest BCUT2D eigenvalue weighted by Gasteiger charge is 2.08. The Labute approximate surface area is 235 Å². The second-order valence-electron chi connectivity index (χ2n) is 9.08. The molecule has 5 heteroatoms. The molecular weight excluding hydrogens is 490 g/mol. The van der Waals surface area contributed by atoms with E-state index < -0.39 is 0 Å². The van der Waals surface area contributed by atoms with Crippen molar-refractivity contribution in [1.29, 1.82) is 0 Å². The Hall–Kier alpha value is -3.44. The fourth-order valence-corrected chi connectivity index (χ4v) is 3.86. The predicted octanol–water partition coefficient (Wildman–Crippen LogP) is 10.5. The molecule has 1 aromatic heterocycles. The van der Waals surface area contributed by atoms with Crippen LogP contribution in [-0.2, 0) is 0 Å². The third-order valence-electron chi connectivity index (χ3n) is 5.46. The topological polar surface area (TPSA) is 63.4 Å². The molecule has 0 saturated heterocycles. The maximum atomic E-state index is 10.4. The molecule has 0 aliphatic rings. The molecule has 0 saturated carbocycles. The highest BCUT2D eigenvalue weighted by atomic mass is 32.1. The second kappa shape index (κ2) is 17.9. The minimum atomic E-state index is -0.359. The molecule has 4 aromatic rings. The van der Waals surface area contributed by atoms with Crippen LogP contribution in [-0.4, -0.2) is 10.0 Å². The van der Waals surface area contributed by atoms with Crippen molar-refractivity contribution in [3.05, 3.63) is 126 Å². The van der Waals surface area contributed by atoms with Crippen molar-refractivity contribution in [3.63, 3.8) is 0 Å². The number of phenols is 1. The zero-order valence-electron chi connectivity index (χ0n) is 23.0. The molecule has 0 spiro atoms. The van der Waals surface area contributed by atoms with E-state index >= 15 is 0 Å². The van der Waals surface area contributed by atoms with Gasteiger partial charge in [-0.3, -0.25) is 10.1 Å². The number of nitro groups is 1. The van der Waals surface area contributed by atoms with Crippen molar-refractivity contribution in [2.75, 3.05) is 0 Å². The van der Waals surface area contributed by atoms with Gasteiger partial charge in [0.05, 0.1) is 4.92 Å². The predicted molar refractivity (Wildman–Crippen MR) is 168 cm³/mol. The number of thiophene rings is 1.